The molecule has 0 bridgehead atoms. The average Bonchev–Trinajstić information content (AvgIpc) is 3.24. The standard InChI is InChI=1S/C24H30N2O4/c1-18-20(9-6-10-22(18)28-2)23-21(25-13-15-29-16-14-25)11-12-26(23)24(27)30-17-19-7-4-3-5-8-19/h3-10,21,23H,11-17H2,1-2H3/t21-,23-/m1/s1. The number of methoxy groups -OCH3 is 1. The van der Waals surface area contributed by atoms with Crippen molar-refractivity contribution < 1.29 is 19.0 Å². The van der Waals surface area contributed by atoms with E-state index in [2.05, 4.69) is 17.9 Å². The second-order valence-corrected chi connectivity index (χ2v) is 7.86. The highest BCUT2D eigenvalue weighted by molar-refractivity contribution is 5.69. The van der Waals surface area contributed by atoms with Crippen LogP contribution in [0.4, 0.5) is 4.79 Å². The van der Waals surface area contributed by atoms with Crippen LogP contribution in [0.15, 0.2) is 48.5 Å². The van der Waals surface area contributed by atoms with Crippen molar-refractivity contribution in [2.45, 2.75) is 32.0 Å². The zero-order valence-corrected chi connectivity index (χ0v) is 17.8. The molecule has 0 aromatic heterocycles. The van der Waals surface area contributed by atoms with E-state index in [1.54, 1.807) is 7.11 Å². The third-order valence-electron chi connectivity index (χ3n) is 6.18. The third kappa shape index (κ3) is 4.30. The van der Waals surface area contributed by atoms with Crippen molar-refractivity contribution in [2.75, 3.05) is 40.0 Å². The number of amides is 1. The first-order valence-corrected chi connectivity index (χ1v) is 10.6. The van der Waals surface area contributed by atoms with E-state index in [0.29, 0.717) is 6.54 Å². The minimum absolute atomic E-state index is 0.0681. The molecule has 2 aromatic carbocycles. The zero-order chi connectivity index (χ0) is 20.9. The van der Waals surface area contributed by atoms with Crippen molar-refractivity contribution in [2.24, 2.45) is 0 Å². The molecule has 0 aliphatic carbocycles. The lowest BCUT2D eigenvalue weighted by atomic mass is 9.94. The van der Waals surface area contributed by atoms with Gasteiger partial charge in [0.25, 0.3) is 0 Å². The molecule has 0 radical (unpaired) electrons. The summed E-state index contributed by atoms with van der Waals surface area (Å²) < 4.78 is 16.8. The van der Waals surface area contributed by atoms with Gasteiger partial charge in [0, 0.05) is 25.7 Å². The van der Waals surface area contributed by atoms with Crippen LogP contribution < -0.4 is 4.74 Å². The molecule has 0 N–H and O–H groups in total. The highest BCUT2D eigenvalue weighted by Crippen LogP contribution is 2.39. The van der Waals surface area contributed by atoms with Gasteiger partial charge in [0.2, 0.25) is 0 Å². The number of hydrogen-bond acceptors (Lipinski definition) is 5. The van der Waals surface area contributed by atoms with Crippen LogP contribution in [0.2, 0.25) is 0 Å². The Morgan fingerprint density at radius 1 is 1.07 bits per heavy atom. The Hall–Kier alpha value is -2.57. The molecule has 2 aliphatic heterocycles. The average molecular weight is 411 g/mol. The highest BCUT2D eigenvalue weighted by Gasteiger charge is 2.43. The van der Waals surface area contributed by atoms with Crippen molar-refractivity contribution in [1.82, 2.24) is 9.80 Å². The minimum Gasteiger partial charge on any atom is -0.496 e. The number of hydrogen-bond donors (Lipinski definition) is 0. The monoisotopic (exact) mass is 410 g/mol. The molecule has 6 nitrogen and oxygen atoms in total. The van der Waals surface area contributed by atoms with Crippen molar-refractivity contribution in [3.8, 4) is 5.75 Å². The molecule has 30 heavy (non-hydrogen) atoms. The van der Waals surface area contributed by atoms with E-state index in [4.69, 9.17) is 14.2 Å². The Labute approximate surface area is 178 Å². The van der Waals surface area contributed by atoms with Crippen LogP contribution in [-0.2, 0) is 16.1 Å². The Kier molecular flexibility index (Phi) is 6.55. The number of carbonyl (C=O) groups excluding carboxylic acids is 1. The van der Waals surface area contributed by atoms with Crippen molar-refractivity contribution in [1.29, 1.82) is 0 Å². The van der Waals surface area contributed by atoms with Crippen LogP contribution in [0, 0.1) is 6.92 Å². The maximum Gasteiger partial charge on any atom is 0.410 e. The molecule has 2 atom stereocenters. The molecule has 0 unspecified atom stereocenters. The van der Waals surface area contributed by atoms with Crippen LogP contribution in [0.1, 0.15) is 29.2 Å². The SMILES string of the molecule is COc1cccc([C@@H]2[C@H](N3CCOCC3)CCN2C(=O)OCc2ccccc2)c1C. The van der Waals surface area contributed by atoms with Gasteiger partial charge in [0.1, 0.15) is 12.4 Å². The first-order valence-electron chi connectivity index (χ1n) is 10.6. The summed E-state index contributed by atoms with van der Waals surface area (Å²) in [6.07, 6.45) is 0.656. The van der Waals surface area contributed by atoms with Crippen LogP contribution in [0.25, 0.3) is 0 Å². The number of morpholine rings is 1. The minimum atomic E-state index is -0.262. The lowest BCUT2D eigenvalue weighted by Crippen LogP contribution is -2.47. The second kappa shape index (κ2) is 9.49. The molecule has 2 aromatic rings. The molecule has 1 amide bonds. The van der Waals surface area contributed by atoms with Gasteiger partial charge in [0.15, 0.2) is 0 Å². The van der Waals surface area contributed by atoms with E-state index < -0.39 is 0 Å². The van der Waals surface area contributed by atoms with E-state index in [-0.39, 0.29) is 24.8 Å². The van der Waals surface area contributed by atoms with Gasteiger partial charge < -0.3 is 14.2 Å². The fourth-order valence-corrected chi connectivity index (χ4v) is 4.62. The Morgan fingerprint density at radius 2 is 1.83 bits per heavy atom. The summed E-state index contributed by atoms with van der Waals surface area (Å²) in [6, 6.07) is 16.1. The van der Waals surface area contributed by atoms with Gasteiger partial charge in [-0.3, -0.25) is 9.80 Å². The predicted molar refractivity (Wildman–Crippen MR) is 115 cm³/mol. The van der Waals surface area contributed by atoms with Crippen LogP contribution in [-0.4, -0.2) is 61.9 Å². The van der Waals surface area contributed by atoms with Crippen LogP contribution >= 0.6 is 0 Å². The molecule has 2 fully saturated rings. The summed E-state index contributed by atoms with van der Waals surface area (Å²) in [5.74, 6) is 0.845. The summed E-state index contributed by atoms with van der Waals surface area (Å²) in [5, 5.41) is 0. The Balaban J connectivity index is 1.59. The number of ether oxygens (including phenoxy) is 3. The summed E-state index contributed by atoms with van der Waals surface area (Å²) in [7, 11) is 1.69. The molecule has 2 saturated heterocycles. The molecule has 6 heteroatoms. The van der Waals surface area contributed by atoms with Gasteiger partial charge in [-0.05, 0) is 36.1 Å². The molecule has 4 rings (SSSR count). The van der Waals surface area contributed by atoms with E-state index in [1.165, 1.54) is 0 Å². The second-order valence-electron chi connectivity index (χ2n) is 7.86. The van der Waals surface area contributed by atoms with Crippen molar-refractivity contribution in [3.63, 3.8) is 0 Å². The number of likely N-dealkylation sites (tertiary alicyclic amines) is 1. The van der Waals surface area contributed by atoms with Gasteiger partial charge in [-0.1, -0.05) is 42.5 Å². The highest BCUT2D eigenvalue weighted by atomic mass is 16.6. The zero-order valence-electron chi connectivity index (χ0n) is 17.8. The number of carbonyl (C=O) groups is 1. The van der Waals surface area contributed by atoms with Gasteiger partial charge in [-0.2, -0.15) is 0 Å². The maximum atomic E-state index is 13.1. The largest absolute Gasteiger partial charge is 0.496 e. The van der Waals surface area contributed by atoms with Crippen LogP contribution in [0.3, 0.4) is 0 Å². The third-order valence-corrected chi connectivity index (χ3v) is 6.18. The molecule has 0 spiro atoms. The number of benzene rings is 2. The van der Waals surface area contributed by atoms with E-state index in [9.17, 15) is 4.79 Å². The maximum absolute atomic E-state index is 13.1. The number of nitrogens with zero attached hydrogens (tertiary/aromatic N) is 2. The summed E-state index contributed by atoms with van der Waals surface area (Å²) in [4.78, 5) is 17.5. The van der Waals surface area contributed by atoms with Gasteiger partial charge in [-0.25, -0.2) is 4.79 Å². The topological polar surface area (TPSA) is 51.2 Å². The normalized spacial score (nSPS) is 22.1. The van der Waals surface area contributed by atoms with Gasteiger partial charge >= 0.3 is 6.09 Å². The van der Waals surface area contributed by atoms with Crippen molar-refractivity contribution in [3.05, 3.63) is 65.2 Å². The van der Waals surface area contributed by atoms with Gasteiger partial charge in [-0.15, -0.1) is 0 Å². The summed E-state index contributed by atoms with van der Waals surface area (Å²) in [5.41, 5.74) is 3.19. The summed E-state index contributed by atoms with van der Waals surface area (Å²) >= 11 is 0. The smallest absolute Gasteiger partial charge is 0.410 e. The first-order chi connectivity index (χ1) is 14.7. The Bertz CT molecular complexity index is 852. The van der Waals surface area contributed by atoms with E-state index in [0.717, 1.165) is 55.2 Å². The van der Waals surface area contributed by atoms with E-state index in [1.807, 2.05) is 47.4 Å². The molecule has 0 saturated carbocycles. The number of rotatable bonds is 5. The molecule has 160 valence electrons. The Morgan fingerprint density at radius 3 is 2.57 bits per heavy atom. The van der Waals surface area contributed by atoms with Gasteiger partial charge in [0.05, 0.1) is 26.4 Å². The molecule has 2 heterocycles. The summed E-state index contributed by atoms with van der Waals surface area (Å²) in [6.45, 7) is 6.27. The fraction of sp³-hybridized carbons (Fsp3) is 0.458. The lowest BCUT2D eigenvalue weighted by Gasteiger charge is -2.37. The van der Waals surface area contributed by atoms with Crippen molar-refractivity contribution >= 4 is 6.09 Å². The van der Waals surface area contributed by atoms with E-state index >= 15 is 0 Å². The fourth-order valence-electron chi connectivity index (χ4n) is 4.62. The molecular weight excluding hydrogens is 380 g/mol. The first kappa shape index (κ1) is 20.7. The molecule has 2 aliphatic rings. The quantitative estimate of drug-likeness (QED) is 0.751. The lowest BCUT2D eigenvalue weighted by molar-refractivity contribution is 0.00708. The molecular formula is C24H30N2O4. The predicted octanol–water partition coefficient (Wildman–Crippen LogP) is 3.79. The van der Waals surface area contributed by atoms with Crippen LogP contribution in [0.5, 0.6) is 5.75 Å².